The predicted molar refractivity (Wildman–Crippen MR) is 70.7 cm³/mol. The minimum atomic E-state index is -4.43. The van der Waals surface area contributed by atoms with Crippen LogP contribution in [0.15, 0.2) is 18.3 Å². The molecule has 2 atom stereocenters. The van der Waals surface area contributed by atoms with Crippen molar-refractivity contribution in [2.45, 2.75) is 42.4 Å². The van der Waals surface area contributed by atoms with Crippen molar-refractivity contribution in [2.24, 2.45) is 5.92 Å². The van der Waals surface area contributed by atoms with Gasteiger partial charge in [0.15, 0.2) is 5.78 Å². The van der Waals surface area contributed by atoms with Crippen LogP contribution < -0.4 is 0 Å². The zero-order valence-electron chi connectivity index (χ0n) is 10.7. The van der Waals surface area contributed by atoms with E-state index in [9.17, 15) is 18.0 Å². The summed E-state index contributed by atoms with van der Waals surface area (Å²) < 4.78 is 38.0. The molecule has 0 spiro atoms. The van der Waals surface area contributed by atoms with E-state index in [0.717, 1.165) is 44.0 Å². The highest BCUT2D eigenvalue weighted by Crippen LogP contribution is 2.46. The lowest BCUT2D eigenvalue weighted by molar-refractivity contribution is -0.137. The number of hydrogen-bond acceptors (Lipinski definition) is 3. The van der Waals surface area contributed by atoms with Crippen molar-refractivity contribution in [3.8, 4) is 0 Å². The normalized spacial score (nSPS) is 29.4. The highest BCUT2D eigenvalue weighted by Gasteiger charge is 2.39. The molecule has 3 rings (SSSR count). The number of fused-ring (bicyclic) bond motifs is 2. The van der Waals surface area contributed by atoms with E-state index >= 15 is 0 Å². The summed E-state index contributed by atoms with van der Waals surface area (Å²) in [6.45, 7) is 0. The zero-order chi connectivity index (χ0) is 14.3. The van der Waals surface area contributed by atoms with E-state index in [1.54, 1.807) is 0 Å². The molecule has 0 amide bonds. The van der Waals surface area contributed by atoms with Gasteiger partial charge in [0.25, 0.3) is 0 Å². The minimum Gasteiger partial charge on any atom is -0.292 e. The van der Waals surface area contributed by atoms with E-state index in [2.05, 4.69) is 4.98 Å². The van der Waals surface area contributed by atoms with Crippen LogP contribution in [-0.2, 0) is 6.18 Å². The SMILES string of the molecule is O=C(c1cc(C(F)(F)F)ccn1)C1CC2CCC(C1)S2. The monoisotopic (exact) mass is 301 g/mol. The molecular weight excluding hydrogens is 287 g/mol. The predicted octanol–water partition coefficient (Wildman–Crippen LogP) is 3.96. The molecule has 0 N–H and O–H groups in total. The van der Waals surface area contributed by atoms with Crippen LogP contribution >= 0.6 is 11.8 Å². The topological polar surface area (TPSA) is 30.0 Å². The summed E-state index contributed by atoms with van der Waals surface area (Å²) in [5.41, 5.74) is -0.847. The number of pyridine rings is 1. The van der Waals surface area contributed by atoms with Gasteiger partial charge in [-0.25, -0.2) is 0 Å². The molecule has 0 aromatic carbocycles. The van der Waals surface area contributed by atoms with E-state index in [4.69, 9.17) is 0 Å². The molecule has 2 unspecified atom stereocenters. The number of ketones is 1. The Kier molecular flexibility index (Phi) is 3.52. The maximum atomic E-state index is 12.7. The molecule has 20 heavy (non-hydrogen) atoms. The quantitative estimate of drug-likeness (QED) is 0.775. The molecule has 2 aliphatic heterocycles. The van der Waals surface area contributed by atoms with Gasteiger partial charge in [0, 0.05) is 22.6 Å². The third-order valence-electron chi connectivity index (χ3n) is 4.00. The molecule has 0 aliphatic carbocycles. The first-order chi connectivity index (χ1) is 9.43. The number of halogens is 3. The van der Waals surface area contributed by atoms with E-state index < -0.39 is 11.7 Å². The molecule has 2 aliphatic rings. The molecule has 2 fully saturated rings. The first-order valence-electron chi connectivity index (χ1n) is 6.66. The average molecular weight is 301 g/mol. The molecule has 2 nitrogen and oxygen atoms in total. The summed E-state index contributed by atoms with van der Waals surface area (Å²) in [5, 5.41) is 0.988. The van der Waals surface area contributed by atoms with Crippen LogP contribution in [0, 0.1) is 5.92 Å². The number of thioether (sulfide) groups is 1. The van der Waals surface area contributed by atoms with Crippen LogP contribution in [0.25, 0.3) is 0 Å². The van der Waals surface area contributed by atoms with Gasteiger partial charge >= 0.3 is 6.18 Å². The van der Waals surface area contributed by atoms with E-state index in [1.165, 1.54) is 0 Å². The number of Topliss-reactive ketones (excluding diaryl/α,β-unsaturated/α-hetero) is 1. The number of carbonyl (C=O) groups is 1. The highest BCUT2D eigenvalue weighted by atomic mass is 32.2. The van der Waals surface area contributed by atoms with Crippen molar-refractivity contribution in [2.75, 3.05) is 0 Å². The van der Waals surface area contributed by atoms with Crippen LogP contribution in [0.1, 0.15) is 41.7 Å². The second-order valence-electron chi connectivity index (χ2n) is 5.42. The summed E-state index contributed by atoms with van der Waals surface area (Å²) in [6, 6.07) is 1.78. The van der Waals surface area contributed by atoms with Crippen molar-refractivity contribution in [1.29, 1.82) is 0 Å². The number of alkyl halides is 3. The molecule has 1 aromatic heterocycles. The molecule has 1 aromatic rings. The number of aromatic nitrogens is 1. The van der Waals surface area contributed by atoms with Crippen LogP contribution in [-0.4, -0.2) is 21.3 Å². The first kappa shape index (κ1) is 13.9. The van der Waals surface area contributed by atoms with Gasteiger partial charge in [-0.2, -0.15) is 24.9 Å². The summed E-state index contributed by atoms with van der Waals surface area (Å²) in [4.78, 5) is 16.2. The molecule has 0 saturated carbocycles. The number of nitrogens with zero attached hydrogens (tertiary/aromatic N) is 1. The molecule has 0 radical (unpaired) electrons. The average Bonchev–Trinajstić information content (AvgIpc) is 2.76. The minimum absolute atomic E-state index is 0.0453. The Bertz CT molecular complexity index is 519. The Balaban J connectivity index is 1.80. The van der Waals surface area contributed by atoms with Gasteiger partial charge in [-0.3, -0.25) is 9.78 Å². The van der Waals surface area contributed by atoms with Gasteiger partial charge in [-0.05, 0) is 37.8 Å². The van der Waals surface area contributed by atoms with Gasteiger partial charge in [0.2, 0.25) is 0 Å². The first-order valence-corrected chi connectivity index (χ1v) is 7.60. The lowest BCUT2D eigenvalue weighted by Crippen LogP contribution is -2.25. The van der Waals surface area contributed by atoms with Crippen molar-refractivity contribution >= 4 is 17.5 Å². The van der Waals surface area contributed by atoms with Crippen molar-refractivity contribution in [3.63, 3.8) is 0 Å². The Hall–Kier alpha value is -1.04. The Morgan fingerprint density at radius 3 is 2.50 bits per heavy atom. The third kappa shape index (κ3) is 2.71. The van der Waals surface area contributed by atoms with E-state index in [0.29, 0.717) is 10.5 Å². The zero-order valence-corrected chi connectivity index (χ0v) is 11.5. The number of hydrogen-bond donors (Lipinski definition) is 0. The van der Waals surface area contributed by atoms with Crippen LogP contribution in [0.4, 0.5) is 13.2 Å². The van der Waals surface area contributed by atoms with Gasteiger partial charge in [0.05, 0.1) is 5.56 Å². The fraction of sp³-hybridized carbons (Fsp3) is 0.571. The number of rotatable bonds is 2. The Morgan fingerprint density at radius 1 is 1.25 bits per heavy atom. The van der Waals surface area contributed by atoms with Crippen molar-refractivity contribution in [3.05, 3.63) is 29.6 Å². The van der Waals surface area contributed by atoms with Crippen LogP contribution in [0.2, 0.25) is 0 Å². The molecule has 2 saturated heterocycles. The second kappa shape index (κ2) is 5.06. The van der Waals surface area contributed by atoms with Crippen LogP contribution in [0.3, 0.4) is 0 Å². The van der Waals surface area contributed by atoms with Crippen molar-refractivity contribution < 1.29 is 18.0 Å². The van der Waals surface area contributed by atoms with Gasteiger partial charge in [-0.1, -0.05) is 0 Å². The van der Waals surface area contributed by atoms with E-state index in [1.807, 2.05) is 11.8 Å². The van der Waals surface area contributed by atoms with Crippen LogP contribution in [0.5, 0.6) is 0 Å². The lowest BCUT2D eigenvalue weighted by Gasteiger charge is -2.26. The summed E-state index contributed by atoms with van der Waals surface area (Å²) in [5.74, 6) is -0.391. The molecule has 6 heteroatoms. The summed E-state index contributed by atoms with van der Waals surface area (Å²) >= 11 is 1.92. The smallest absolute Gasteiger partial charge is 0.292 e. The Labute approximate surface area is 119 Å². The second-order valence-corrected chi connectivity index (χ2v) is 7.02. The highest BCUT2D eigenvalue weighted by molar-refractivity contribution is 8.00. The maximum Gasteiger partial charge on any atom is 0.416 e. The van der Waals surface area contributed by atoms with Gasteiger partial charge < -0.3 is 0 Å². The molecular formula is C14H14F3NOS. The molecule has 108 valence electrons. The standard InChI is InChI=1S/C14H14F3NOS/c15-14(16,17)9-3-4-18-12(7-9)13(19)8-5-10-1-2-11(6-8)20-10/h3-4,7-8,10-11H,1-2,5-6H2. The van der Waals surface area contributed by atoms with E-state index in [-0.39, 0.29) is 17.4 Å². The summed E-state index contributed by atoms with van der Waals surface area (Å²) in [6.07, 6.45) is 0.432. The fourth-order valence-electron chi connectivity index (χ4n) is 3.02. The Morgan fingerprint density at radius 2 is 1.90 bits per heavy atom. The fourth-order valence-corrected chi connectivity index (χ4v) is 4.80. The maximum absolute atomic E-state index is 12.7. The van der Waals surface area contributed by atoms with Gasteiger partial charge in [-0.15, -0.1) is 0 Å². The molecule has 2 bridgehead atoms. The van der Waals surface area contributed by atoms with Gasteiger partial charge in [0.1, 0.15) is 5.69 Å². The third-order valence-corrected chi connectivity index (χ3v) is 5.63. The summed E-state index contributed by atoms with van der Waals surface area (Å²) in [7, 11) is 0. The lowest BCUT2D eigenvalue weighted by atomic mass is 9.92. The number of carbonyl (C=O) groups excluding carboxylic acids is 1. The molecule has 3 heterocycles. The largest absolute Gasteiger partial charge is 0.416 e. The van der Waals surface area contributed by atoms with Crippen molar-refractivity contribution in [1.82, 2.24) is 4.98 Å².